The second-order valence-electron chi connectivity index (χ2n) is 9.06. The van der Waals surface area contributed by atoms with E-state index in [1.54, 1.807) is 34.6 Å². The quantitative estimate of drug-likeness (QED) is 0.582. The monoisotopic (exact) mass is 456 g/mol. The lowest BCUT2D eigenvalue weighted by atomic mass is 9.87. The van der Waals surface area contributed by atoms with Gasteiger partial charge in [0.2, 0.25) is 0 Å². The van der Waals surface area contributed by atoms with Crippen molar-refractivity contribution in [2.75, 3.05) is 6.54 Å². The number of halogens is 4. The maximum atomic E-state index is 13.8. The van der Waals surface area contributed by atoms with Crippen LogP contribution in [0.5, 0.6) is 0 Å². The van der Waals surface area contributed by atoms with Crippen LogP contribution in [0.2, 0.25) is 0 Å². The molecule has 5 N–H and O–H groups in total. The maximum Gasteiger partial charge on any atom is 0.413 e. The summed E-state index contributed by atoms with van der Waals surface area (Å²) in [6, 6.07) is 7.75. The smallest absolute Gasteiger partial charge is 0.413 e. The summed E-state index contributed by atoms with van der Waals surface area (Å²) in [6.07, 6.45) is -5.64. The Bertz CT molecular complexity index is 969. The van der Waals surface area contributed by atoms with Crippen LogP contribution in [0.4, 0.5) is 22.4 Å². The Morgan fingerprint density at radius 2 is 1.62 bits per heavy atom. The van der Waals surface area contributed by atoms with Gasteiger partial charge in [-0.15, -0.1) is 0 Å². The van der Waals surface area contributed by atoms with E-state index < -0.39 is 47.0 Å². The van der Waals surface area contributed by atoms with Crippen LogP contribution in [0, 0.1) is 5.82 Å². The van der Waals surface area contributed by atoms with Gasteiger partial charge in [-0.2, -0.15) is 13.2 Å². The molecule has 1 amide bonds. The second kappa shape index (κ2) is 8.67. The molecule has 0 aliphatic carbocycles. The summed E-state index contributed by atoms with van der Waals surface area (Å²) >= 11 is 0. The third-order valence-corrected chi connectivity index (χ3v) is 4.79. The van der Waals surface area contributed by atoms with Gasteiger partial charge >= 0.3 is 12.3 Å². The van der Waals surface area contributed by atoms with Gasteiger partial charge in [-0.3, -0.25) is 4.98 Å². The van der Waals surface area contributed by atoms with Gasteiger partial charge in [0, 0.05) is 12.1 Å². The zero-order chi connectivity index (χ0) is 24.5. The minimum atomic E-state index is -4.89. The molecule has 1 heterocycles. The fourth-order valence-corrected chi connectivity index (χ4v) is 2.88. The van der Waals surface area contributed by atoms with Crippen molar-refractivity contribution in [2.45, 2.75) is 57.5 Å². The number of nitrogens with two attached hydrogens (primary N) is 2. The fourth-order valence-electron chi connectivity index (χ4n) is 2.88. The van der Waals surface area contributed by atoms with E-state index in [1.807, 2.05) is 0 Å². The van der Waals surface area contributed by atoms with Gasteiger partial charge < -0.3 is 21.5 Å². The molecule has 1 aromatic heterocycles. The first-order valence-corrected chi connectivity index (χ1v) is 9.84. The number of pyridine rings is 1. The SMILES string of the molecule is CC(C)(C)OC(=O)NC(C)(C)c1cc(-c2ccc(F)cc2)nc(C(N)(CN)C(F)(F)F)c1. The van der Waals surface area contributed by atoms with E-state index in [4.69, 9.17) is 16.2 Å². The molecule has 176 valence electrons. The number of amides is 1. The summed E-state index contributed by atoms with van der Waals surface area (Å²) in [5, 5.41) is 2.65. The van der Waals surface area contributed by atoms with E-state index in [0.29, 0.717) is 5.56 Å². The molecule has 2 aromatic rings. The third-order valence-electron chi connectivity index (χ3n) is 4.79. The molecule has 0 saturated carbocycles. The highest BCUT2D eigenvalue weighted by Gasteiger charge is 2.54. The van der Waals surface area contributed by atoms with Crippen LogP contribution >= 0.6 is 0 Å². The first kappa shape index (κ1) is 25.5. The fraction of sp³-hybridized carbons (Fsp3) is 0.455. The Morgan fingerprint density at radius 1 is 1.06 bits per heavy atom. The van der Waals surface area contributed by atoms with Gasteiger partial charge in [0.15, 0.2) is 5.54 Å². The normalized spacial score (nSPS) is 14.6. The van der Waals surface area contributed by atoms with Gasteiger partial charge in [0.25, 0.3) is 0 Å². The number of carbonyl (C=O) groups is 1. The Kier molecular flexibility index (Phi) is 6.92. The number of hydrogen-bond acceptors (Lipinski definition) is 5. The summed E-state index contributed by atoms with van der Waals surface area (Å²) in [7, 11) is 0. The van der Waals surface area contributed by atoms with E-state index in [1.165, 1.54) is 18.2 Å². The molecule has 0 bridgehead atoms. The van der Waals surface area contributed by atoms with Crippen molar-refractivity contribution in [1.82, 2.24) is 10.3 Å². The number of rotatable bonds is 5. The number of aromatic nitrogens is 1. The summed E-state index contributed by atoms with van der Waals surface area (Å²) in [5.41, 5.74) is 6.46. The van der Waals surface area contributed by atoms with Crippen molar-refractivity contribution in [1.29, 1.82) is 0 Å². The van der Waals surface area contributed by atoms with Gasteiger partial charge in [0.1, 0.15) is 11.4 Å². The van der Waals surface area contributed by atoms with Crippen LogP contribution in [-0.4, -0.2) is 29.4 Å². The van der Waals surface area contributed by atoms with Crippen molar-refractivity contribution in [3.63, 3.8) is 0 Å². The third kappa shape index (κ3) is 5.74. The standard InChI is InChI=1S/C22H28F4N4O2/c1-19(2,3)32-18(31)30-20(4,5)14-10-16(13-6-8-15(23)9-7-13)29-17(11-14)21(28,12-27)22(24,25)26/h6-11H,12,27-28H2,1-5H3,(H,30,31). The zero-order valence-electron chi connectivity index (χ0n) is 18.6. The average molecular weight is 456 g/mol. The first-order valence-electron chi connectivity index (χ1n) is 9.84. The minimum absolute atomic E-state index is 0.115. The first-order chi connectivity index (χ1) is 14.5. The maximum absolute atomic E-state index is 13.8. The van der Waals surface area contributed by atoms with E-state index in [2.05, 4.69) is 10.3 Å². The summed E-state index contributed by atoms with van der Waals surface area (Å²) in [5.74, 6) is -0.512. The number of hydrogen-bond donors (Lipinski definition) is 3. The molecule has 10 heteroatoms. The van der Waals surface area contributed by atoms with Crippen LogP contribution in [-0.2, 0) is 15.8 Å². The molecule has 0 saturated heterocycles. The highest BCUT2D eigenvalue weighted by Crippen LogP contribution is 2.38. The minimum Gasteiger partial charge on any atom is -0.444 e. The van der Waals surface area contributed by atoms with Crippen LogP contribution in [0.3, 0.4) is 0 Å². The number of ether oxygens (including phenoxy) is 1. The number of nitrogens with one attached hydrogen (secondary N) is 1. The van der Waals surface area contributed by atoms with Crippen molar-refractivity contribution < 1.29 is 27.1 Å². The summed E-state index contributed by atoms with van der Waals surface area (Å²) in [4.78, 5) is 16.4. The van der Waals surface area contributed by atoms with Crippen molar-refractivity contribution in [3.05, 3.63) is 53.5 Å². The van der Waals surface area contributed by atoms with Crippen molar-refractivity contribution in [3.8, 4) is 11.3 Å². The predicted octanol–water partition coefficient (Wildman–Crippen LogP) is 4.32. The van der Waals surface area contributed by atoms with Gasteiger partial charge in [-0.05, 0) is 76.6 Å². The number of nitrogens with zero attached hydrogens (tertiary/aromatic N) is 1. The molecule has 0 radical (unpaired) electrons. The topological polar surface area (TPSA) is 103 Å². The largest absolute Gasteiger partial charge is 0.444 e. The number of benzene rings is 1. The number of carbonyl (C=O) groups excluding carboxylic acids is 1. The van der Waals surface area contributed by atoms with Crippen LogP contribution in [0.25, 0.3) is 11.3 Å². The van der Waals surface area contributed by atoms with Crippen molar-refractivity contribution >= 4 is 6.09 Å². The molecule has 0 aliphatic rings. The molecule has 32 heavy (non-hydrogen) atoms. The van der Waals surface area contributed by atoms with Gasteiger partial charge in [0.05, 0.1) is 16.9 Å². The number of alkyl halides is 3. The molecular formula is C22H28F4N4O2. The predicted molar refractivity (Wildman–Crippen MR) is 113 cm³/mol. The molecule has 1 unspecified atom stereocenters. The second-order valence-corrected chi connectivity index (χ2v) is 9.06. The van der Waals surface area contributed by atoms with Crippen LogP contribution in [0.15, 0.2) is 36.4 Å². The molecule has 6 nitrogen and oxygen atoms in total. The van der Waals surface area contributed by atoms with E-state index >= 15 is 0 Å². The van der Waals surface area contributed by atoms with Crippen LogP contribution in [0.1, 0.15) is 45.9 Å². The molecule has 1 atom stereocenters. The molecule has 0 fully saturated rings. The average Bonchev–Trinajstić information content (AvgIpc) is 2.64. The summed E-state index contributed by atoms with van der Waals surface area (Å²) < 4.78 is 60.1. The highest BCUT2D eigenvalue weighted by molar-refractivity contribution is 5.69. The van der Waals surface area contributed by atoms with E-state index in [9.17, 15) is 22.4 Å². The molecule has 1 aromatic carbocycles. The lowest BCUT2D eigenvalue weighted by molar-refractivity contribution is -0.187. The van der Waals surface area contributed by atoms with Gasteiger partial charge in [-0.1, -0.05) is 0 Å². The summed E-state index contributed by atoms with van der Waals surface area (Å²) in [6.45, 7) is 7.30. The lowest BCUT2D eigenvalue weighted by Crippen LogP contribution is -2.56. The molecular weight excluding hydrogens is 428 g/mol. The Labute approximate surface area is 184 Å². The molecule has 2 rings (SSSR count). The molecule has 0 spiro atoms. The van der Waals surface area contributed by atoms with E-state index in [-0.39, 0.29) is 11.3 Å². The molecule has 0 aliphatic heterocycles. The zero-order valence-corrected chi connectivity index (χ0v) is 18.6. The van der Waals surface area contributed by atoms with E-state index in [0.717, 1.165) is 18.2 Å². The Morgan fingerprint density at radius 3 is 2.09 bits per heavy atom. The Hall–Kier alpha value is -2.72. The van der Waals surface area contributed by atoms with Crippen LogP contribution < -0.4 is 16.8 Å². The lowest BCUT2D eigenvalue weighted by Gasteiger charge is -2.33. The Balaban J connectivity index is 2.65. The highest BCUT2D eigenvalue weighted by atomic mass is 19.4. The van der Waals surface area contributed by atoms with Crippen molar-refractivity contribution in [2.24, 2.45) is 11.5 Å². The van der Waals surface area contributed by atoms with Gasteiger partial charge in [-0.25, -0.2) is 9.18 Å². The number of alkyl carbamates (subject to hydrolysis) is 1.